The quantitative estimate of drug-likeness (QED) is 0.168. The largest absolute Gasteiger partial charge is 0.455 e. The SMILES string of the molecule is c1ccc(-c2ccccc2-c2c3ccccc3c(-c3cccc4c3oc3cc5oc(-c6ccccc6)c(-c6ccccc6)c5cc34)c3ccccc23)cc1. The lowest BCUT2D eigenvalue weighted by atomic mass is 9.83. The molecule has 252 valence electrons. The van der Waals surface area contributed by atoms with Gasteiger partial charge in [0.1, 0.15) is 22.5 Å². The Balaban J connectivity index is 1.19. The second kappa shape index (κ2) is 12.2. The van der Waals surface area contributed by atoms with Crippen molar-refractivity contribution in [2.75, 3.05) is 0 Å². The Morgan fingerprint density at radius 2 is 0.722 bits per heavy atom. The number of hydrogen-bond donors (Lipinski definition) is 0. The molecule has 0 saturated heterocycles. The van der Waals surface area contributed by atoms with Crippen molar-refractivity contribution in [1.29, 1.82) is 0 Å². The van der Waals surface area contributed by atoms with Crippen LogP contribution in [0.15, 0.2) is 203 Å². The van der Waals surface area contributed by atoms with Crippen molar-refractivity contribution in [3.8, 4) is 55.8 Å². The minimum atomic E-state index is 0.804. The molecule has 2 heteroatoms. The molecule has 0 saturated carbocycles. The van der Waals surface area contributed by atoms with Crippen molar-refractivity contribution >= 4 is 54.5 Å². The minimum absolute atomic E-state index is 0.804. The van der Waals surface area contributed by atoms with E-state index >= 15 is 0 Å². The molecule has 0 aliphatic heterocycles. The van der Waals surface area contributed by atoms with Crippen LogP contribution in [0.3, 0.4) is 0 Å². The normalized spacial score (nSPS) is 11.7. The lowest BCUT2D eigenvalue weighted by Gasteiger charge is -2.19. The summed E-state index contributed by atoms with van der Waals surface area (Å²) in [6.45, 7) is 0. The van der Waals surface area contributed by atoms with Crippen molar-refractivity contribution in [2.24, 2.45) is 0 Å². The molecule has 0 aliphatic rings. The number of furan rings is 2. The summed E-state index contributed by atoms with van der Waals surface area (Å²) in [5, 5.41) is 8.01. The Morgan fingerprint density at radius 3 is 1.35 bits per heavy atom. The number of hydrogen-bond acceptors (Lipinski definition) is 2. The molecule has 2 aromatic heterocycles. The molecule has 0 fully saturated rings. The summed E-state index contributed by atoms with van der Waals surface area (Å²) in [5.74, 6) is 0.862. The molecule has 11 rings (SSSR count). The Kier molecular flexibility index (Phi) is 6.90. The minimum Gasteiger partial charge on any atom is -0.455 e. The molecule has 0 spiro atoms. The molecule has 0 N–H and O–H groups in total. The molecule has 0 atom stereocenters. The van der Waals surface area contributed by atoms with Crippen molar-refractivity contribution in [1.82, 2.24) is 0 Å². The van der Waals surface area contributed by atoms with Crippen LogP contribution in [0.5, 0.6) is 0 Å². The molecule has 0 unspecified atom stereocenters. The molecular formula is C52H32O2. The van der Waals surface area contributed by atoms with Crippen LogP contribution in [0.4, 0.5) is 0 Å². The van der Waals surface area contributed by atoms with Gasteiger partial charge in [-0.1, -0.05) is 182 Å². The van der Waals surface area contributed by atoms with E-state index in [2.05, 4.69) is 188 Å². The van der Waals surface area contributed by atoms with Gasteiger partial charge < -0.3 is 8.83 Å². The second-order valence-electron chi connectivity index (χ2n) is 13.9. The van der Waals surface area contributed by atoms with E-state index in [4.69, 9.17) is 8.83 Å². The highest BCUT2D eigenvalue weighted by molar-refractivity contribution is 6.25. The van der Waals surface area contributed by atoms with Crippen LogP contribution in [-0.2, 0) is 0 Å². The van der Waals surface area contributed by atoms with Gasteiger partial charge in [0, 0.05) is 44.5 Å². The van der Waals surface area contributed by atoms with Gasteiger partial charge in [0.25, 0.3) is 0 Å². The van der Waals surface area contributed by atoms with E-state index in [0.717, 1.165) is 60.9 Å². The summed E-state index contributed by atoms with van der Waals surface area (Å²) in [7, 11) is 0. The smallest absolute Gasteiger partial charge is 0.143 e. The van der Waals surface area contributed by atoms with Gasteiger partial charge >= 0.3 is 0 Å². The molecule has 0 bridgehead atoms. The van der Waals surface area contributed by atoms with Gasteiger partial charge in [-0.25, -0.2) is 0 Å². The molecule has 2 nitrogen and oxygen atoms in total. The topological polar surface area (TPSA) is 26.3 Å². The molecule has 11 aromatic rings. The van der Waals surface area contributed by atoms with Crippen LogP contribution in [0.1, 0.15) is 0 Å². The van der Waals surface area contributed by atoms with Crippen molar-refractivity contribution in [3.05, 3.63) is 194 Å². The zero-order valence-electron chi connectivity index (χ0n) is 29.3. The summed E-state index contributed by atoms with van der Waals surface area (Å²) >= 11 is 0. The molecule has 2 heterocycles. The zero-order chi connectivity index (χ0) is 35.6. The highest BCUT2D eigenvalue weighted by atomic mass is 16.3. The number of para-hydroxylation sites is 1. The van der Waals surface area contributed by atoms with Crippen LogP contribution in [0.25, 0.3) is 110 Å². The lowest BCUT2D eigenvalue weighted by molar-refractivity contribution is 0.629. The van der Waals surface area contributed by atoms with Crippen LogP contribution in [0, 0.1) is 0 Å². The van der Waals surface area contributed by atoms with E-state index in [1.54, 1.807) is 0 Å². The molecule has 0 radical (unpaired) electrons. The molecule has 0 amide bonds. The first-order valence-corrected chi connectivity index (χ1v) is 18.4. The monoisotopic (exact) mass is 688 g/mol. The van der Waals surface area contributed by atoms with Crippen molar-refractivity contribution in [3.63, 3.8) is 0 Å². The van der Waals surface area contributed by atoms with Gasteiger partial charge in [0.15, 0.2) is 0 Å². The predicted molar refractivity (Wildman–Crippen MR) is 226 cm³/mol. The third-order valence-corrected chi connectivity index (χ3v) is 10.9. The van der Waals surface area contributed by atoms with Gasteiger partial charge in [0.05, 0.1) is 0 Å². The summed E-state index contributed by atoms with van der Waals surface area (Å²) in [4.78, 5) is 0. The maximum absolute atomic E-state index is 6.94. The van der Waals surface area contributed by atoms with Crippen LogP contribution in [0.2, 0.25) is 0 Å². The Labute approximate surface area is 312 Å². The summed E-state index contributed by atoms with van der Waals surface area (Å²) in [6, 6.07) is 68.9. The fraction of sp³-hybridized carbons (Fsp3) is 0. The zero-order valence-corrected chi connectivity index (χ0v) is 29.3. The van der Waals surface area contributed by atoms with Gasteiger partial charge in [0.2, 0.25) is 0 Å². The standard InChI is InChI=1S/C52H32O2/c1-4-17-33(18-5-1)36-23-10-11-24-37(36)49-38-25-12-14-27-40(38)50(41-28-15-13-26-39(41)49)43-30-16-29-42-44-31-45-47(32-46(44)54-52(42)43)53-51(35-21-8-3-9-22-35)48(45)34-19-6-2-7-20-34/h1-32H. The highest BCUT2D eigenvalue weighted by Gasteiger charge is 2.24. The van der Waals surface area contributed by atoms with Crippen LogP contribution < -0.4 is 0 Å². The maximum Gasteiger partial charge on any atom is 0.143 e. The van der Waals surface area contributed by atoms with E-state index in [-0.39, 0.29) is 0 Å². The average Bonchev–Trinajstić information content (AvgIpc) is 3.81. The summed E-state index contributed by atoms with van der Waals surface area (Å²) < 4.78 is 13.6. The first kappa shape index (κ1) is 30.5. The molecule has 0 aliphatic carbocycles. The van der Waals surface area contributed by atoms with Crippen LogP contribution in [-0.4, -0.2) is 0 Å². The number of benzene rings is 9. The molecular weight excluding hydrogens is 657 g/mol. The predicted octanol–water partition coefficient (Wildman–Crippen LogP) is 15.0. The first-order valence-electron chi connectivity index (χ1n) is 18.4. The van der Waals surface area contributed by atoms with Crippen molar-refractivity contribution in [2.45, 2.75) is 0 Å². The molecule has 9 aromatic carbocycles. The fourth-order valence-electron chi connectivity index (χ4n) is 8.55. The van der Waals surface area contributed by atoms with Crippen molar-refractivity contribution < 1.29 is 8.83 Å². The molecule has 54 heavy (non-hydrogen) atoms. The second-order valence-corrected chi connectivity index (χ2v) is 13.9. The van der Waals surface area contributed by atoms with E-state index in [1.807, 2.05) is 6.07 Å². The van der Waals surface area contributed by atoms with Crippen LogP contribution >= 0.6 is 0 Å². The van der Waals surface area contributed by atoms with Gasteiger partial charge in [-0.3, -0.25) is 0 Å². The van der Waals surface area contributed by atoms with E-state index in [9.17, 15) is 0 Å². The maximum atomic E-state index is 6.94. The third-order valence-electron chi connectivity index (χ3n) is 10.9. The Hall–Kier alpha value is -7.16. The van der Waals surface area contributed by atoms with Gasteiger partial charge in [-0.05, 0) is 55.4 Å². The van der Waals surface area contributed by atoms with E-state index in [0.29, 0.717) is 0 Å². The summed E-state index contributed by atoms with van der Waals surface area (Å²) in [6.07, 6.45) is 0. The third kappa shape index (κ3) is 4.67. The summed E-state index contributed by atoms with van der Waals surface area (Å²) in [5.41, 5.74) is 12.9. The highest BCUT2D eigenvalue weighted by Crippen LogP contribution is 2.49. The van der Waals surface area contributed by atoms with Gasteiger partial charge in [-0.2, -0.15) is 0 Å². The van der Waals surface area contributed by atoms with E-state index < -0.39 is 0 Å². The van der Waals surface area contributed by atoms with Gasteiger partial charge in [-0.15, -0.1) is 0 Å². The first-order chi connectivity index (χ1) is 26.8. The fourth-order valence-corrected chi connectivity index (χ4v) is 8.55. The van der Waals surface area contributed by atoms with E-state index in [1.165, 1.54) is 49.4 Å². The lowest BCUT2D eigenvalue weighted by Crippen LogP contribution is -1.92. The average molecular weight is 689 g/mol. The number of fused-ring (bicyclic) bond motifs is 6. The number of rotatable bonds is 5. The Bertz CT molecular complexity index is 3130. The Morgan fingerprint density at radius 1 is 0.259 bits per heavy atom.